The van der Waals surface area contributed by atoms with Crippen molar-refractivity contribution in [2.75, 3.05) is 11.9 Å². The molecule has 0 fully saturated rings. The lowest BCUT2D eigenvalue weighted by atomic mass is 10.1. The Morgan fingerprint density at radius 3 is 2.48 bits per heavy atom. The summed E-state index contributed by atoms with van der Waals surface area (Å²) in [6, 6.07) is 18.3. The molecule has 6 nitrogen and oxygen atoms in total. The summed E-state index contributed by atoms with van der Waals surface area (Å²) in [5.41, 5.74) is 2.87. The predicted molar refractivity (Wildman–Crippen MR) is 104 cm³/mol. The number of aromatic nitrogens is 2. The molecule has 0 saturated heterocycles. The van der Waals surface area contributed by atoms with Crippen LogP contribution in [0.5, 0.6) is 0 Å². The SMILES string of the molecule is CCOC(=O)c1nn(-c2ccccc2)c(=O)cc1NCc1ccc(C)cc1. The zero-order valence-corrected chi connectivity index (χ0v) is 15.3. The summed E-state index contributed by atoms with van der Waals surface area (Å²) in [6.45, 7) is 4.43. The molecular formula is C21H21N3O3. The standard InChI is InChI=1S/C21H21N3O3/c1-3-27-21(26)20-18(22-14-16-11-9-15(2)10-12-16)13-19(25)24(23-20)17-7-5-4-6-8-17/h4-13,22H,3,14H2,1-2H3. The first-order valence-electron chi connectivity index (χ1n) is 8.75. The Balaban J connectivity index is 1.96. The van der Waals surface area contributed by atoms with Crippen LogP contribution in [0.2, 0.25) is 0 Å². The monoisotopic (exact) mass is 363 g/mol. The highest BCUT2D eigenvalue weighted by Crippen LogP contribution is 2.15. The number of esters is 1. The predicted octanol–water partition coefficient (Wildman–Crippen LogP) is 3.33. The summed E-state index contributed by atoms with van der Waals surface area (Å²) in [5.74, 6) is -0.575. The number of para-hydroxylation sites is 1. The van der Waals surface area contributed by atoms with Gasteiger partial charge in [0.1, 0.15) is 0 Å². The van der Waals surface area contributed by atoms with E-state index in [2.05, 4.69) is 10.4 Å². The van der Waals surface area contributed by atoms with Gasteiger partial charge in [-0.3, -0.25) is 4.79 Å². The van der Waals surface area contributed by atoms with Crippen molar-refractivity contribution in [2.24, 2.45) is 0 Å². The van der Waals surface area contributed by atoms with Gasteiger partial charge >= 0.3 is 5.97 Å². The van der Waals surface area contributed by atoms with Crippen LogP contribution in [0.4, 0.5) is 5.69 Å². The van der Waals surface area contributed by atoms with Crippen LogP contribution in [0.15, 0.2) is 65.5 Å². The van der Waals surface area contributed by atoms with Gasteiger partial charge in [-0.1, -0.05) is 48.0 Å². The van der Waals surface area contributed by atoms with Crippen LogP contribution in [0.25, 0.3) is 5.69 Å². The number of rotatable bonds is 6. The molecule has 3 rings (SSSR count). The first kappa shape index (κ1) is 18.4. The van der Waals surface area contributed by atoms with Crippen LogP contribution in [-0.2, 0) is 11.3 Å². The molecule has 0 spiro atoms. The molecule has 2 aromatic carbocycles. The molecule has 0 aliphatic rings. The molecule has 138 valence electrons. The molecule has 1 aromatic heterocycles. The highest BCUT2D eigenvalue weighted by Gasteiger charge is 2.18. The molecular weight excluding hydrogens is 342 g/mol. The van der Waals surface area contributed by atoms with Gasteiger partial charge < -0.3 is 10.1 Å². The lowest BCUT2D eigenvalue weighted by molar-refractivity contribution is 0.0518. The summed E-state index contributed by atoms with van der Waals surface area (Å²) in [4.78, 5) is 24.9. The number of carbonyl (C=O) groups excluding carboxylic acids is 1. The smallest absolute Gasteiger partial charge is 0.360 e. The Labute approximate surface area is 157 Å². The Bertz CT molecular complexity index is 980. The fraction of sp³-hybridized carbons (Fsp3) is 0.190. The number of hydrogen-bond donors (Lipinski definition) is 1. The first-order chi connectivity index (χ1) is 13.1. The van der Waals surface area contributed by atoms with Crippen molar-refractivity contribution in [3.63, 3.8) is 0 Å². The van der Waals surface area contributed by atoms with Gasteiger partial charge in [0.05, 0.1) is 18.0 Å². The summed E-state index contributed by atoms with van der Waals surface area (Å²) in [6.07, 6.45) is 0. The Kier molecular flexibility index (Phi) is 5.66. The Morgan fingerprint density at radius 2 is 1.81 bits per heavy atom. The third-order valence-electron chi connectivity index (χ3n) is 4.00. The fourth-order valence-corrected chi connectivity index (χ4v) is 2.60. The average Bonchev–Trinajstić information content (AvgIpc) is 2.68. The first-order valence-corrected chi connectivity index (χ1v) is 8.75. The van der Waals surface area contributed by atoms with Crippen molar-refractivity contribution in [3.05, 3.63) is 87.8 Å². The maximum atomic E-state index is 12.5. The lowest BCUT2D eigenvalue weighted by Gasteiger charge is -2.13. The van der Waals surface area contributed by atoms with Crippen LogP contribution in [-0.4, -0.2) is 22.4 Å². The van der Waals surface area contributed by atoms with Gasteiger partial charge in [0, 0.05) is 12.6 Å². The summed E-state index contributed by atoms with van der Waals surface area (Å²) < 4.78 is 6.31. The summed E-state index contributed by atoms with van der Waals surface area (Å²) >= 11 is 0. The van der Waals surface area contributed by atoms with Crippen molar-refractivity contribution in [1.82, 2.24) is 9.78 Å². The van der Waals surface area contributed by atoms with E-state index in [0.717, 1.165) is 11.1 Å². The van der Waals surface area contributed by atoms with Gasteiger partial charge in [-0.2, -0.15) is 9.78 Å². The van der Waals surface area contributed by atoms with E-state index in [0.29, 0.717) is 17.9 Å². The van der Waals surface area contributed by atoms with Gasteiger partial charge in [0.2, 0.25) is 0 Å². The van der Waals surface area contributed by atoms with Crippen LogP contribution in [0, 0.1) is 6.92 Å². The van der Waals surface area contributed by atoms with Gasteiger partial charge in [-0.25, -0.2) is 4.79 Å². The minimum absolute atomic E-state index is 0.0763. The van der Waals surface area contributed by atoms with Crippen LogP contribution < -0.4 is 10.9 Å². The van der Waals surface area contributed by atoms with E-state index < -0.39 is 5.97 Å². The van der Waals surface area contributed by atoms with Crippen molar-refractivity contribution in [2.45, 2.75) is 20.4 Å². The minimum atomic E-state index is -0.575. The van der Waals surface area contributed by atoms with E-state index in [1.165, 1.54) is 10.7 Å². The Hall–Kier alpha value is -3.41. The van der Waals surface area contributed by atoms with Crippen molar-refractivity contribution in [1.29, 1.82) is 0 Å². The normalized spacial score (nSPS) is 10.4. The molecule has 0 unspecified atom stereocenters. The molecule has 0 aliphatic heterocycles. The molecule has 0 radical (unpaired) electrons. The number of anilines is 1. The summed E-state index contributed by atoms with van der Waals surface area (Å²) in [7, 11) is 0. The maximum Gasteiger partial charge on any atom is 0.360 e. The topological polar surface area (TPSA) is 73.2 Å². The second-order valence-electron chi connectivity index (χ2n) is 6.05. The van der Waals surface area contributed by atoms with Gasteiger partial charge in [-0.05, 0) is 31.5 Å². The number of nitrogens with one attached hydrogen (secondary N) is 1. The lowest BCUT2D eigenvalue weighted by Crippen LogP contribution is -2.25. The number of benzene rings is 2. The molecule has 6 heteroatoms. The van der Waals surface area contributed by atoms with E-state index in [-0.39, 0.29) is 17.9 Å². The molecule has 0 aliphatic carbocycles. The minimum Gasteiger partial charge on any atom is -0.461 e. The number of ether oxygens (including phenoxy) is 1. The second kappa shape index (κ2) is 8.31. The van der Waals surface area contributed by atoms with E-state index in [1.807, 2.05) is 37.3 Å². The van der Waals surface area contributed by atoms with E-state index in [4.69, 9.17) is 4.74 Å². The molecule has 0 amide bonds. The van der Waals surface area contributed by atoms with Crippen molar-refractivity contribution in [3.8, 4) is 5.69 Å². The largest absolute Gasteiger partial charge is 0.461 e. The third kappa shape index (κ3) is 4.41. The van der Waals surface area contributed by atoms with Gasteiger partial charge in [0.15, 0.2) is 5.69 Å². The molecule has 0 atom stereocenters. The zero-order chi connectivity index (χ0) is 19.2. The number of hydrogen-bond acceptors (Lipinski definition) is 5. The highest BCUT2D eigenvalue weighted by molar-refractivity contribution is 5.93. The highest BCUT2D eigenvalue weighted by atomic mass is 16.5. The summed E-state index contributed by atoms with van der Waals surface area (Å²) in [5, 5.41) is 7.39. The van der Waals surface area contributed by atoms with E-state index >= 15 is 0 Å². The average molecular weight is 363 g/mol. The Morgan fingerprint density at radius 1 is 1.11 bits per heavy atom. The number of aryl methyl sites for hydroxylation is 1. The van der Waals surface area contributed by atoms with E-state index in [9.17, 15) is 9.59 Å². The van der Waals surface area contributed by atoms with E-state index in [1.54, 1.807) is 31.2 Å². The maximum absolute atomic E-state index is 12.5. The molecule has 0 saturated carbocycles. The molecule has 1 heterocycles. The van der Waals surface area contributed by atoms with Gasteiger partial charge in [0.25, 0.3) is 5.56 Å². The quantitative estimate of drug-likeness (QED) is 0.680. The van der Waals surface area contributed by atoms with Crippen LogP contribution >= 0.6 is 0 Å². The molecule has 3 aromatic rings. The number of carbonyl (C=O) groups is 1. The third-order valence-corrected chi connectivity index (χ3v) is 4.00. The molecule has 1 N–H and O–H groups in total. The van der Waals surface area contributed by atoms with Crippen molar-refractivity contribution < 1.29 is 9.53 Å². The number of nitrogens with zero attached hydrogens (tertiary/aromatic N) is 2. The van der Waals surface area contributed by atoms with Crippen LogP contribution in [0.3, 0.4) is 0 Å². The zero-order valence-electron chi connectivity index (χ0n) is 15.3. The van der Waals surface area contributed by atoms with Crippen LogP contribution in [0.1, 0.15) is 28.5 Å². The molecule has 0 bridgehead atoms. The fourth-order valence-electron chi connectivity index (χ4n) is 2.60. The molecule has 27 heavy (non-hydrogen) atoms. The van der Waals surface area contributed by atoms with Gasteiger partial charge in [-0.15, -0.1) is 0 Å². The van der Waals surface area contributed by atoms with Crippen molar-refractivity contribution >= 4 is 11.7 Å². The second-order valence-corrected chi connectivity index (χ2v) is 6.05.